The highest BCUT2D eigenvalue weighted by atomic mass is 16.3. The van der Waals surface area contributed by atoms with Crippen molar-refractivity contribution in [1.82, 2.24) is 9.80 Å². The molecule has 0 amide bonds. The largest absolute Gasteiger partial charge is 0.393 e. The van der Waals surface area contributed by atoms with Crippen LogP contribution < -0.4 is 0 Å². The molecule has 1 heterocycles. The maximum absolute atomic E-state index is 10.1. The second-order valence-corrected chi connectivity index (χ2v) is 6.44. The van der Waals surface area contributed by atoms with E-state index in [1.165, 1.54) is 18.4 Å². The van der Waals surface area contributed by atoms with E-state index in [1.54, 1.807) is 0 Å². The van der Waals surface area contributed by atoms with E-state index >= 15 is 0 Å². The van der Waals surface area contributed by atoms with Crippen molar-refractivity contribution in [1.29, 1.82) is 0 Å². The summed E-state index contributed by atoms with van der Waals surface area (Å²) in [4.78, 5) is 5.01. The van der Waals surface area contributed by atoms with E-state index in [0.29, 0.717) is 12.0 Å². The standard InChI is InChI=1S/C17H26N2O/c1-18-10-11-19(12-15-8-5-9-17(15)20)16(13-18)14-6-3-2-4-7-14/h2-4,6-7,15-17,20H,5,8-13H2,1H3. The normalized spacial score (nSPS) is 32.6. The zero-order valence-corrected chi connectivity index (χ0v) is 12.4. The van der Waals surface area contributed by atoms with Gasteiger partial charge in [0, 0.05) is 32.2 Å². The Balaban J connectivity index is 1.73. The Bertz CT molecular complexity index is 422. The van der Waals surface area contributed by atoms with Crippen LogP contribution in [0.25, 0.3) is 0 Å². The number of piperazine rings is 1. The van der Waals surface area contributed by atoms with E-state index in [9.17, 15) is 5.11 Å². The van der Waals surface area contributed by atoms with Crippen molar-refractivity contribution in [3.05, 3.63) is 35.9 Å². The molecule has 0 spiro atoms. The van der Waals surface area contributed by atoms with Crippen molar-refractivity contribution < 1.29 is 5.11 Å². The van der Waals surface area contributed by atoms with Crippen LogP contribution in [0.3, 0.4) is 0 Å². The van der Waals surface area contributed by atoms with Crippen LogP contribution in [-0.2, 0) is 0 Å². The summed E-state index contributed by atoms with van der Waals surface area (Å²) in [6, 6.07) is 11.3. The molecule has 0 radical (unpaired) electrons. The molecule has 2 aliphatic rings. The van der Waals surface area contributed by atoms with Crippen molar-refractivity contribution in [3.63, 3.8) is 0 Å². The third-order valence-corrected chi connectivity index (χ3v) is 4.97. The van der Waals surface area contributed by atoms with Gasteiger partial charge in [0.1, 0.15) is 0 Å². The highest BCUT2D eigenvalue weighted by Crippen LogP contribution is 2.31. The van der Waals surface area contributed by atoms with Gasteiger partial charge in [0.25, 0.3) is 0 Å². The van der Waals surface area contributed by atoms with Crippen LogP contribution in [0.5, 0.6) is 0 Å². The van der Waals surface area contributed by atoms with Gasteiger partial charge in [0.05, 0.1) is 6.10 Å². The number of rotatable bonds is 3. The molecule has 20 heavy (non-hydrogen) atoms. The fraction of sp³-hybridized carbons (Fsp3) is 0.647. The van der Waals surface area contributed by atoms with Crippen molar-refractivity contribution in [2.75, 3.05) is 33.2 Å². The van der Waals surface area contributed by atoms with E-state index < -0.39 is 0 Å². The highest BCUT2D eigenvalue weighted by molar-refractivity contribution is 5.20. The second-order valence-electron chi connectivity index (χ2n) is 6.44. The van der Waals surface area contributed by atoms with Crippen LogP contribution in [0.1, 0.15) is 30.9 Å². The van der Waals surface area contributed by atoms with Gasteiger partial charge in [-0.25, -0.2) is 0 Å². The van der Waals surface area contributed by atoms with Crippen LogP contribution in [0, 0.1) is 5.92 Å². The van der Waals surface area contributed by atoms with Gasteiger partial charge in [-0.2, -0.15) is 0 Å². The first-order valence-electron chi connectivity index (χ1n) is 7.89. The zero-order valence-electron chi connectivity index (χ0n) is 12.4. The Morgan fingerprint density at radius 3 is 2.65 bits per heavy atom. The van der Waals surface area contributed by atoms with Crippen LogP contribution >= 0.6 is 0 Å². The minimum atomic E-state index is -0.0777. The topological polar surface area (TPSA) is 26.7 Å². The molecule has 1 aliphatic heterocycles. The quantitative estimate of drug-likeness (QED) is 0.915. The fourth-order valence-corrected chi connectivity index (χ4v) is 3.70. The number of hydrogen-bond acceptors (Lipinski definition) is 3. The SMILES string of the molecule is CN1CCN(CC2CCCC2O)C(c2ccccc2)C1. The number of aliphatic hydroxyl groups is 1. The van der Waals surface area contributed by atoms with Gasteiger partial charge in [-0.05, 0) is 31.4 Å². The van der Waals surface area contributed by atoms with Crippen molar-refractivity contribution in [3.8, 4) is 0 Å². The number of hydrogen-bond donors (Lipinski definition) is 1. The average molecular weight is 274 g/mol. The molecule has 0 aromatic heterocycles. The van der Waals surface area contributed by atoms with Crippen molar-refractivity contribution in [2.24, 2.45) is 5.92 Å². The third kappa shape index (κ3) is 3.05. The Morgan fingerprint density at radius 1 is 1.15 bits per heavy atom. The molecule has 2 fully saturated rings. The Kier molecular flexibility index (Phi) is 4.39. The highest BCUT2D eigenvalue weighted by Gasteiger charge is 2.32. The molecule has 3 nitrogen and oxygen atoms in total. The molecule has 1 saturated heterocycles. The minimum absolute atomic E-state index is 0.0777. The van der Waals surface area contributed by atoms with E-state index in [2.05, 4.69) is 47.2 Å². The maximum atomic E-state index is 10.1. The summed E-state index contributed by atoms with van der Waals surface area (Å²) in [5, 5.41) is 10.1. The molecule has 1 aromatic rings. The number of benzene rings is 1. The van der Waals surface area contributed by atoms with E-state index in [1.807, 2.05) is 0 Å². The predicted octanol–water partition coefficient (Wildman–Crippen LogP) is 2.14. The molecule has 3 unspecified atom stereocenters. The Labute approximate surface area is 122 Å². The first-order valence-corrected chi connectivity index (χ1v) is 7.89. The van der Waals surface area contributed by atoms with Crippen LogP contribution in [0.4, 0.5) is 0 Å². The van der Waals surface area contributed by atoms with Gasteiger partial charge in [0.15, 0.2) is 0 Å². The maximum Gasteiger partial charge on any atom is 0.0580 e. The molecule has 0 bridgehead atoms. The average Bonchev–Trinajstić information content (AvgIpc) is 2.87. The number of nitrogens with zero attached hydrogens (tertiary/aromatic N) is 2. The molecule has 1 N–H and O–H groups in total. The van der Waals surface area contributed by atoms with Gasteiger partial charge in [-0.1, -0.05) is 36.8 Å². The molecule has 1 aromatic carbocycles. The molecular weight excluding hydrogens is 248 g/mol. The minimum Gasteiger partial charge on any atom is -0.393 e. The van der Waals surface area contributed by atoms with Gasteiger partial charge in [0.2, 0.25) is 0 Å². The van der Waals surface area contributed by atoms with E-state index in [-0.39, 0.29) is 6.10 Å². The summed E-state index contributed by atoms with van der Waals surface area (Å²) in [5.74, 6) is 0.476. The molecular formula is C17H26N2O. The summed E-state index contributed by atoms with van der Waals surface area (Å²) in [6.45, 7) is 4.38. The molecule has 3 rings (SSSR count). The number of likely N-dealkylation sites (N-methyl/N-ethyl adjacent to an activating group) is 1. The summed E-state index contributed by atoms with van der Waals surface area (Å²) < 4.78 is 0. The molecule has 1 aliphatic carbocycles. The Morgan fingerprint density at radius 2 is 1.95 bits per heavy atom. The predicted molar refractivity (Wildman–Crippen MR) is 81.6 cm³/mol. The fourth-order valence-electron chi connectivity index (χ4n) is 3.70. The third-order valence-electron chi connectivity index (χ3n) is 4.97. The molecule has 1 saturated carbocycles. The summed E-state index contributed by atoms with van der Waals surface area (Å²) in [5.41, 5.74) is 1.41. The number of aliphatic hydroxyl groups excluding tert-OH is 1. The van der Waals surface area contributed by atoms with Crippen LogP contribution in [0.15, 0.2) is 30.3 Å². The lowest BCUT2D eigenvalue weighted by Gasteiger charge is -2.41. The van der Waals surface area contributed by atoms with E-state index in [4.69, 9.17) is 0 Å². The summed E-state index contributed by atoms with van der Waals surface area (Å²) >= 11 is 0. The van der Waals surface area contributed by atoms with Crippen LogP contribution in [-0.4, -0.2) is 54.2 Å². The van der Waals surface area contributed by atoms with Crippen LogP contribution in [0.2, 0.25) is 0 Å². The van der Waals surface area contributed by atoms with Gasteiger partial charge in [-0.3, -0.25) is 4.90 Å². The molecule has 3 heteroatoms. The smallest absolute Gasteiger partial charge is 0.0580 e. The molecule has 110 valence electrons. The van der Waals surface area contributed by atoms with Gasteiger partial charge in [-0.15, -0.1) is 0 Å². The van der Waals surface area contributed by atoms with Gasteiger partial charge < -0.3 is 10.0 Å². The summed E-state index contributed by atoms with van der Waals surface area (Å²) in [6.07, 6.45) is 3.30. The first kappa shape index (κ1) is 14.1. The molecule has 3 atom stereocenters. The van der Waals surface area contributed by atoms with Gasteiger partial charge >= 0.3 is 0 Å². The Hall–Kier alpha value is -0.900. The zero-order chi connectivity index (χ0) is 13.9. The first-order chi connectivity index (χ1) is 9.74. The van der Waals surface area contributed by atoms with Crippen molar-refractivity contribution in [2.45, 2.75) is 31.4 Å². The lowest BCUT2D eigenvalue weighted by atomic mass is 9.99. The summed E-state index contributed by atoms with van der Waals surface area (Å²) in [7, 11) is 2.21. The lowest BCUT2D eigenvalue weighted by Crippen LogP contribution is -2.48. The lowest BCUT2D eigenvalue weighted by molar-refractivity contribution is 0.0453. The van der Waals surface area contributed by atoms with E-state index in [0.717, 1.165) is 32.6 Å². The second kappa shape index (κ2) is 6.25. The monoisotopic (exact) mass is 274 g/mol. The van der Waals surface area contributed by atoms with Crippen molar-refractivity contribution >= 4 is 0 Å².